The van der Waals surface area contributed by atoms with Crippen molar-refractivity contribution in [3.05, 3.63) is 35.9 Å². The molecule has 4 heteroatoms. The number of carbonyl (C=O) groups is 1. The topological polar surface area (TPSA) is 38.8 Å². The normalized spacial score (nSPS) is 26.9. The van der Waals surface area contributed by atoms with Crippen LogP contribution in [0.5, 0.6) is 0 Å². The minimum atomic E-state index is -0.187. The lowest BCUT2D eigenvalue weighted by molar-refractivity contribution is -0.0274. The van der Waals surface area contributed by atoms with Crippen molar-refractivity contribution in [2.45, 2.75) is 31.6 Å². The fourth-order valence-corrected chi connectivity index (χ4v) is 2.66. The third-order valence-electron chi connectivity index (χ3n) is 3.64. The van der Waals surface area contributed by atoms with Crippen LogP contribution < -0.4 is 0 Å². The summed E-state index contributed by atoms with van der Waals surface area (Å²) in [5, 5.41) is 0. The van der Waals surface area contributed by atoms with Crippen LogP contribution in [0, 0.1) is 0 Å². The van der Waals surface area contributed by atoms with Gasteiger partial charge in [0.15, 0.2) is 0 Å². The van der Waals surface area contributed by atoms with Crippen molar-refractivity contribution in [3.63, 3.8) is 0 Å². The second kappa shape index (κ2) is 4.98. The Kier molecular flexibility index (Phi) is 3.19. The first-order valence-electron chi connectivity index (χ1n) is 6.43. The van der Waals surface area contributed by atoms with E-state index < -0.39 is 0 Å². The van der Waals surface area contributed by atoms with E-state index in [1.54, 1.807) is 4.90 Å². The number of fused-ring (bicyclic) bond motifs is 1. The largest absolute Gasteiger partial charge is 0.447 e. The number of hydrogen-bond acceptors (Lipinski definition) is 3. The molecule has 0 N–H and O–H groups in total. The Morgan fingerprint density at radius 1 is 1.33 bits per heavy atom. The molecule has 1 aromatic rings. The van der Waals surface area contributed by atoms with Crippen molar-refractivity contribution < 1.29 is 14.3 Å². The molecule has 2 heterocycles. The molecule has 0 radical (unpaired) electrons. The zero-order chi connectivity index (χ0) is 12.4. The maximum absolute atomic E-state index is 11.5. The summed E-state index contributed by atoms with van der Waals surface area (Å²) < 4.78 is 11.0. The van der Waals surface area contributed by atoms with E-state index in [1.807, 2.05) is 18.2 Å². The molecule has 0 bridgehead atoms. The second-order valence-electron chi connectivity index (χ2n) is 4.81. The van der Waals surface area contributed by atoms with Crippen molar-refractivity contribution in [2.24, 2.45) is 0 Å². The Labute approximate surface area is 106 Å². The van der Waals surface area contributed by atoms with Gasteiger partial charge in [-0.2, -0.15) is 0 Å². The zero-order valence-electron chi connectivity index (χ0n) is 10.2. The number of nitrogens with zero attached hydrogens (tertiary/aromatic N) is 1. The molecule has 2 atom stereocenters. The maximum Gasteiger partial charge on any atom is 0.410 e. The molecule has 3 rings (SSSR count). The molecule has 0 unspecified atom stereocenters. The molecule has 0 aromatic heterocycles. The number of rotatable bonds is 3. The van der Waals surface area contributed by atoms with Crippen molar-refractivity contribution >= 4 is 6.09 Å². The van der Waals surface area contributed by atoms with Crippen LogP contribution in [-0.4, -0.2) is 36.3 Å². The number of ether oxygens (including phenoxy) is 2. The van der Waals surface area contributed by atoms with Gasteiger partial charge in [0.25, 0.3) is 0 Å². The number of amides is 1. The van der Waals surface area contributed by atoms with Gasteiger partial charge >= 0.3 is 6.09 Å². The Hall–Kier alpha value is -1.55. The number of benzene rings is 1. The first-order valence-corrected chi connectivity index (χ1v) is 6.43. The van der Waals surface area contributed by atoms with Crippen molar-refractivity contribution in [3.8, 4) is 0 Å². The third kappa shape index (κ3) is 2.20. The van der Waals surface area contributed by atoms with Gasteiger partial charge in [-0.1, -0.05) is 30.3 Å². The summed E-state index contributed by atoms with van der Waals surface area (Å²) in [7, 11) is 0. The predicted molar refractivity (Wildman–Crippen MR) is 66.1 cm³/mol. The molecule has 4 nitrogen and oxygen atoms in total. The monoisotopic (exact) mass is 247 g/mol. The zero-order valence-corrected chi connectivity index (χ0v) is 10.2. The van der Waals surface area contributed by atoms with E-state index in [4.69, 9.17) is 9.47 Å². The molecule has 1 amide bonds. The summed E-state index contributed by atoms with van der Waals surface area (Å²) in [5.74, 6) is 0. The van der Waals surface area contributed by atoms with Gasteiger partial charge < -0.3 is 9.47 Å². The molecule has 2 saturated heterocycles. The number of piperidine rings is 1. The van der Waals surface area contributed by atoms with Gasteiger partial charge in [0.2, 0.25) is 0 Å². The Morgan fingerprint density at radius 3 is 3.00 bits per heavy atom. The van der Waals surface area contributed by atoms with Crippen LogP contribution in [0.2, 0.25) is 0 Å². The minimum Gasteiger partial charge on any atom is -0.447 e. The van der Waals surface area contributed by atoms with E-state index in [0.29, 0.717) is 13.2 Å². The van der Waals surface area contributed by atoms with Gasteiger partial charge in [-0.15, -0.1) is 0 Å². The summed E-state index contributed by atoms with van der Waals surface area (Å²) in [4.78, 5) is 13.3. The van der Waals surface area contributed by atoms with Crippen LogP contribution in [-0.2, 0) is 16.1 Å². The smallest absolute Gasteiger partial charge is 0.410 e. The fraction of sp³-hybridized carbons (Fsp3) is 0.500. The Balaban J connectivity index is 1.61. The SMILES string of the molecule is O=C1OC[C@H]2[C@@H](OCc3ccccc3)CCCN12. The lowest BCUT2D eigenvalue weighted by Gasteiger charge is -2.33. The highest BCUT2D eigenvalue weighted by atomic mass is 16.6. The number of hydrogen-bond donors (Lipinski definition) is 0. The highest BCUT2D eigenvalue weighted by Gasteiger charge is 2.41. The summed E-state index contributed by atoms with van der Waals surface area (Å²) >= 11 is 0. The standard InChI is InChI=1S/C14H17NO3/c16-14-15-8-4-7-13(12(15)10-18-14)17-9-11-5-2-1-3-6-11/h1-3,5-6,12-13H,4,7-10H2/t12-,13-/m0/s1. The quantitative estimate of drug-likeness (QED) is 0.821. The molecular formula is C14H17NO3. The minimum absolute atomic E-state index is 0.102. The van der Waals surface area contributed by atoms with Crippen LogP contribution in [0.4, 0.5) is 4.79 Å². The predicted octanol–water partition coefficient (Wildman–Crippen LogP) is 2.19. The van der Waals surface area contributed by atoms with Gasteiger partial charge in [0.1, 0.15) is 6.61 Å². The van der Waals surface area contributed by atoms with Crippen LogP contribution in [0.15, 0.2) is 30.3 Å². The van der Waals surface area contributed by atoms with Crippen molar-refractivity contribution in [1.29, 1.82) is 0 Å². The van der Waals surface area contributed by atoms with Gasteiger partial charge in [0, 0.05) is 6.54 Å². The highest BCUT2D eigenvalue weighted by molar-refractivity contribution is 5.70. The van der Waals surface area contributed by atoms with Gasteiger partial charge in [0.05, 0.1) is 18.8 Å². The second-order valence-corrected chi connectivity index (χ2v) is 4.81. The van der Waals surface area contributed by atoms with Crippen LogP contribution in [0.3, 0.4) is 0 Å². The molecule has 0 saturated carbocycles. The average molecular weight is 247 g/mol. The molecular weight excluding hydrogens is 230 g/mol. The summed E-state index contributed by atoms with van der Waals surface area (Å²) in [6, 6.07) is 10.2. The molecule has 2 aliphatic heterocycles. The first kappa shape index (κ1) is 11.5. The van der Waals surface area contributed by atoms with E-state index >= 15 is 0 Å². The van der Waals surface area contributed by atoms with Crippen molar-refractivity contribution in [1.82, 2.24) is 4.90 Å². The van der Waals surface area contributed by atoms with Gasteiger partial charge in [-0.05, 0) is 18.4 Å². The van der Waals surface area contributed by atoms with E-state index in [9.17, 15) is 4.79 Å². The number of carbonyl (C=O) groups excluding carboxylic acids is 1. The Morgan fingerprint density at radius 2 is 2.17 bits per heavy atom. The molecule has 1 aromatic carbocycles. The van der Waals surface area contributed by atoms with Crippen LogP contribution >= 0.6 is 0 Å². The van der Waals surface area contributed by atoms with Crippen LogP contribution in [0.1, 0.15) is 18.4 Å². The molecule has 2 aliphatic rings. The maximum atomic E-state index is 11.5. The summed E-state index contributed by atoms with van der Waals surface area (Å²) in [5.41, 5.74) is 1.17. The van der Waals surface area contributed by atoms with E-state index in [2.05, 4.69) is 12.1 Å². The first-order chi connectivity index (χ1) is 8.84. The van der Waals surface area contributed by atoms with Gasteiger partial charge in [-0.3, -0.25) is 4.90 Å². The van der Waals surface area contributed by atoms with E-state index in [-0.39, 0.29) is 18.2 Å². The summed E-state index contributed by atoms with van der Waals surface area (Å²) in [6.45, 7) is 1.87. The third-order valence-corrected chi connectivity index (χ3v) is 3.64. The van der Waals surface area contributed by atoms with E-state index in [1.165, 1.54) is 5.56 Å². The van der Waals surface area contributed by atoms with Crippen LogP contribution in [0.25, 0.3) is 0 Å². The Bertz CT molecular complexity index is 420. The lowest BCUT2D eigenvalue weighted by atomic mass is 10.0. The molecule has 2 fully saturated rings. The fourth-order valence-electron chi connectivity index (χ4n) is 2.66. The van der Waals surface area contributed by atoms with Crippen molar-refractivity contribution in [2.75, 3.05) is 13.2 Å². The summed E-state index contributed by atoms with van der Waals surface area (Å²) in [6.07, 6.45) is 1.91. The number of cyclic esters (lactones) is 1. The molecule has 18 heavy (non-hydrogen) atoms. The molecule has 96 valence electrons. The van der Waals surface area contributed by atoms with E-state index in [0.717, 1.165) is 19.4 Å². The molecule has 0 aliphatic carbocycles. The molecule has 0 spiro atoms. The lowest BCUT2D eigenvalue weighted by Crippen LogP contribution is -2.47. The average Bonchev–Trinajstić information content (AvgIpc) is 2.80. The highest BCUT2D eigenvalue weighted by Crippen LogP contribution is 2.26. The van der Waals surface area contributed by atoms with Gasteiger partial charge in [-0.25, -0.2) is 4.79 Å².